The molecule has 1 rings (SSSR count). The van der Waals surface area contributed by atoms with Gasteiger partial charge in [0, 0.05) is 18.0 Å². The third-order valence-corrected chi connectivity index (χ3v) is 1.38. The van der Waals surface area contributed by atoms with E-state index in [4.69, 9.17) is 11.7 Å². The van der Waals surface area contributed by atoms with Gasteiger partial charge in [0.25, 0.3) is 0 Å². The van der Waals surface area contributed by atoms with Gasteiger partial charge in [-0.2, -0.15) is 0 Å². The zero-order chi connectivity index (χ0) is 8.97. The highest BCUT2D eigenvalue weighted by molar-refractivity contribution is 5.77. The molecule has 60 valence electrons. The lowest BCUT2D eigenvalue weighted by atomic mass is 10.1. The minimum absolute atomic E-state index is 0.465. The number of hydrogen-bond donors (Lipinski definition) is 1. The number of pyridine rings is 1. The molecule has 1 atom stereocenters. The molecule has 1 N–H and O–H groups in total. The molecule has 0 spiro atoms. The van der Waals surface area contributed by atoms with Crippen molar-refractivity contribution < 1.29 is 9.90 Å². The molecule has 1 aromatic rings. The van der Waals surface area contributed by atoms with Crippen LogP contribution in [0.2, 0.25) is 0 Å². The molecule has 1 heterocycles. The van der Waals surface area contributed by atoms with Gasteiger partial charge in [0.15, 0.2) is 0 Å². The van der Waals surface area contributed by atoms with Crippen molar-refractivity contribution in [2.75, 3.05) is 0 Å². The third-order valence-electron chi connectivity index (χ3n) is 1.38. The Labute approximate surface area is 69.3 Å². The molecule has 0 aliphatic rings. The summed E-state index contributed by atoms with van der Waals surface area (Å²) in [6.07, 6.45) is 2.94. The van der Waals surface area contributed by atoms with Gasteiger partial charge in [-0.05, 0) is 12.1 Å². The number of aliphatic carboxylic acids is 1. The average Bonchev–Trinajstić information content (AvgIpc) is 2.07. The van der Waals surface area contributed by atoms with E-state index in [-0.39, 0.29) is 0 Å². The monoisotopic (exact) mass is 162 g/mol. The second-order valence-corrected chi connectivity index (χ2v) is 2.15. The van der Waals surface area contributed by atoms with Gasteiger partial charge in [0.2, 0.25) is 0 Å². The molecular weight excluding hydrogens is 156 g/mol. The molecule has 0 saturated carbocycles. The van der Waals surface area contributed by atoms with E-state index in [0.29, 0.717) is 5.56 Å². The Morgan fingerprint density at radius 2 is 2.17 bits per heavy atom. The molecule has 1 unspecified atom stereocenters. The van der Waals surface area contributed by atoms with Crippen LogP contribution in [0.25, 0.3) is 4.85 Å². The number of carbonyl (C=O) groups is 1. The van der Waals surface area contributed by atoms with E-state index in [0.717, 1.165) is 0 Å². The summed E-state index contributed by atoms with van der Waals surface area (Å²) >= 11 is 0. The van der Waals surface area contributed by atoms with Gasteiger partial charge in [-0.25, -0.2) is 11.4 Å². The maximum Gasteiger partial charge on any atom is 0.392 e. The highest BCUT2D eigenvalue weighted by atomic mass is 16.4. The fourth-order valence-corrected chi connectivity index (χ4v) is 0.818. The normalized spacial score (nSPS) is 11.6. The van der Waals surface area contributed by atoms with Crippen molar-refractivity contribution >= 4 is 5.97 Å². The molecule has 0 bridgehead atoms. The highest BCUT2D eigenvalue weighted by Gasteiger charge is 2.24. The molecule has 0 aliphatic carbocycles. The molecule has 4 nitrogen and oxygen atoms in total. The smallest absolute Gasteiger partial charge is 0.392 e. The van der Waals surface area contributed by atoms with E-state index in [9.17, 15) is 4.79 Å². The van der Waals surface area contributed by atoms with Gasteiger partial charge in [0.1, 0.15) is 0 Å². The summed E-state index contributed by atoms with van der Waals surface area (Å²) in [7, 11) is 0. The molecule has 0 amide bonds. The van der Waals surface area contributed by atoms with Gasteiger partial charge in [-0.3, -0.25) is 9.83 Å². The lowest BCUT2D eigenvalue weighted by molar-refractivity contribution is -0.137. The summed E-state index contributed by atoms with van der Waals surface area (Å²) in [5, 5.41) is 8.59. The fourth-order valence-electron chi connectivity index (χ4n) is 0.818. The second kappa shape index (κ2) is 3.49. The predicted molar refractivity (Wildman–Crippen MR) is 41.2 cm³/mol. The Morgan fingerprint density at radius 1 is 1.58 bits per heavy atom. The van der Waals surface area contributed by atoms with Crippen LogP contribution in [0.3, 0.4) is 0 Å². The van der Waals surface area contributed by atoms with E-state index >= 15 is 0 Å². The molecule has 0 aliphatic heterocycles. The first kappa shape index (κ1) is 8.21. The SMILES string of the molecule is [C-]#[N+]C(C(=O)O)c1ccncc1. The number of carboxylic acid groups (broad SMARTS) is 1. The number of rotatable bonds is 2. The average molecular weight is 162 g/mol. The lowest BCUT2D eigenvalue weighted by Crippen LogP contribution is -2.06. The van der Waals surface area contributed by atoms with Crippen LogP contribution < -0.4 is 0 Å². The van der Waals surface area contributed by atoms with E-state index in [2.05, 4.69) is 9.83 Å². The molecule has 4 heteroatoms. The number of nitrogens with zero attached hydrogens (tertiary/aromatic N) is 2. The molecule has 1 aromatic heterocycles. The largest absolute Gasteiger partial charge is 0.475 e. The van der Waals surface area contributed by atoms with E-state index in [1.807, 2.05) is 0 Å². The molecule has 0 saturated heterocycles. The maximum absolute atomic E-state index is 10.5. The Morgan fingerprint density at radius 3 is 2.58 bits per heavy atom. The lowest BCUT2D eigenvalue weighted by Gasteiger charge is -1.97. The Balaban J connectivity index is 2.98. The predicted octanol–water partition coefficient (Wildman–Crippen LogP) is 1.13. The summed E-state index contributed by atoms with van der Waals surface area (Å²) in [6, 6.07) is 1.95. The number of hydrogen-bond acceptors (Lipinski definition) is 2. The molecular formula is C8H6N2O2. The van der Waals surface area contributed by atoms with Crippen molar-refractivity contribution in [1.29, 1.82) is 0 Å². The van der Waals surface area contributed by atoms with Crippen molar-refractivity contribution in [2.24, 2.45) is 0 Å². The van der Waals surface area contributed by atoms with Gasteiger partial charge in [0.05, 0.1) is 0 Å². The maximum atomic E-state index is 10.5. The Bertz CT molecular complexity index is 316. The summed E-state index contributed by atoms with van der Waals surface area (Å²) in [5.41, 5.74) is 0.465. The van der Waals surface area contributed by atoms with Gasteiger partial charge >= 0.3 is 12.0 Å². The second-order valence-electron chi connectivity index (χ2n) is 2.15. The van der Waals surface area contributed by atoms with Crippen LogP contribution in [0.1, 0.15) is 11.6 Å². The first-order valence-corrected chi connectivity index (χ1v) is 3.25. The summed E-state index contributed by atoms with van der Waals surface area (Å²) in [5.74, 6) is -1.13. The summed E-state index contributed by atoms with van der Waals surface area (Å²) in [6.45, 7) is 6.65. The number of aromatic nitrogens is 1. The van der Waals surface area contributed by atoms with E-state index in [1.54, 1.807) is 0 Å². The van der Waals surface area contributed by atoms with Crippen molar-refractivity contribution in [3.8, 4) is 0 Å². The quantitative estimate of drug-likeness (QED) is 0.663. The van der Waals surface area contributed by atoms with Gasteiger partial charge in [-0.1, -0.05) is 0 Å². The van der Waals surface area contributed by atoms with E-state index in [1.165, 1.54) is 24.5 Å². The van der Waals surface area contributed by atoms with Crippen LogP contribution >= 0.6 is 0 Å². The molecule has 12 heavy (non-hydrogen) atoms. The van der Waals surface area contributed by atoms with E-state index < -0.39 is 12.0 Å². The standard InChI is InChI=1S/C8H6N2O2/c1-9-7(8(11)12)6-2-4-10-5-3-6/h2-5,7H,(H,11,12). The Hall–Kier alpha value is -1.89. The molecule has 0 fully saturated rings. The van der Waals surface area contributed by atoms with Gasteiger partial charge in [-0.15, -0.1) is 0 Å². The topological polar surface area (TPSA) is 54.5 Å². The summed E-state index contributed by atoms with van der Waals surface area (Å²) < 4.78 is 0. The van der Waals surface area contributed by atoms with Crippen LogP contribution in [0.4, 0.5) is 0 Å². The van der Waals surface area contributed by atoms with Gasteiger partial charge < -0.3 is 5.11 Å². The van der Waals surface area contributed by atoms with Crippen molar-refractivity contribution in [3.63, 3.8) is 0 Å². The first-order chi connectivity index (χ1) is 5.75. The Kier molecular flexibility index (Phi) is 2.38. The minimum atomic E-state index is -1.13. The number of carboxylic acids is 1. The zero-order valence-corrected chi connectivity index (χ0v) is 6.14. The molecule has 0 radical (unpaired) electrons. The van der Waals surface area contributed by atoms with Crippen molar-refractivity contribution in [3.05, 3.63) is 41.5 Å². The molecule has 0 aromatic carbocycles. The van der Waals surface area contributed by atoms with Crippen molar-refractivity contribution in [2.45, 2.75) is 6.04 Å². The first-order valence-electron chi connectivity index (χ1n) is 3.25. The fraction of sp³-hybridized carbons (Fsp3) is 0.125. The highest BCUT2D eigenvalue weighted by Crippen LogP contribution is 2.15. The van der Waals surface area contributed by atoms with Crippen LogP contribution in [0.5, 0.6) is 0 Å². The van der Waals surface area contributed by atoms with Crippen LogP contribution in [-0.4, -0.2) is 16.1 Å². The minimum Gasteiger partial charge on any atom is -0.475 e. The van der Waals surface area contributed by atoms with Crippen LogP contribution in [0, 0.1) is 6.57 Å². The van der Waals surface area contributed by atoms with Crippen LogP contribution in [-0.2, 0) is 4.79 Å². The zero-order valence-electron chi connectivity index (χ0n) is 6.14. The third kappa shape index (κ3) is 1.58. The van der Waals surface area contributed by atoms with Crippen molar-refractivity contribution in [1.82, 2.24) is 4.98 Å². The van der Waals surface area contributed by atoms with Crippen LogP contribution in [0.15, 0.2) is 24.5 Å². The summed E-state index contributed by atoms with van der Waals surface area (Å²) in [4.78, 5) is 17.2.